The Kier molecular flexibility index (Phi) is 2.80. The molecule has 0 aliphatic rings. The number of carbonyl (C=O) groups is 1. The summed E-state index contributed by atoms with van der Waals surface area (Å²) < 4.78 is 38.5. The average molecular weight is 257 g/mol. The average Bonchev–Trinajstić information content (AvgIpc) is 2.57. The van der Waals surface area contributed by atoms with Gasteiger partial charge in [-0.05, 0) is 12.5 Å². The molecule has 0 aliphatic carbocycles. The number of nitrogens with one attached hydrogen (secondary N) is 1. The molecule has 0 saturated heterocycles. The fourth-order valence-electron chi connectivity index (χ4n) is 2.00. The highest BCUT2D eigenvalue weighted by atomic mass is 19.4. The molecule has 0 amide bonds. The lowest BCUT2D eigenvalue weighted by Gasteiger charge is -2.06. The first-order valence-corrected chi connectivity index (χ1v) is 5.20. The van der Waals surface area contributed by atoms with E-state index in [1.54, 1.807) is 19.1 Å². The molecule has 6 heteroatoms. The van der Waals surface area contributed by atoms with Crippen LogP contribution in [0.3, 0.4) is 0 Å². The first-order chi connectivity index (χ1) is 8.30. The summed E-state index contributed by atoms with van der Waals surface area (Å²) in [5.41, 5.74) is -0.210. The Balaban J connectivity index is 2.76. The number of benzene rings is 1. The van der Waals surface area contributed by atoms with E-state index in [2.05, 4.69) is 4.98 Å². The van der Waals surface area contributed by atoms with Crippen LogP contribution < -0.4 is 0 Å². The second kappa shape index (κ2) is 4.04. The number of H-pyrrole nitrogens is 1. The molecule has 0 fully saturated rings. The highest BCUT2D eigenvalue weighted by Gasteiger charge is 2.36. The minimum absolute atomic E-state index is 0.214. The molecule has 1 aromatic heterocycles. The van der Waals surface area contributed by atoms with Gasteiger partial charge in [0.15, 0.2) is 0 Å². The molecule has 0 atom stereocenters. The van der Waals surface area contributed by atoms with Gasteiger partial charge in [0.25, 0.3) is 0 Å². The van der Waals surface area contributed by atoms with Gasteiger partial charge in [-0.3, -0.25) is 4.79 Å². The fraction of sp³-hybridized carbons (Fsp3) is 0.250. The number of hydrogen-bond acceptors (Lipinski definition) is 1. The lowest BCUT2D eigenvalue weighted by molar-refractivity contribution is -0.142. The van der Waals surface area contributed by atoms with E-state index in [1.807, 2.05) is 0 Å². The lowest BCUT2D eigenvalue weighted by atomic mass is 10.1. The smallest absolute Gasteiger partial charge is 0.431 e. The number of fused-ring (bicyclic) bond motifs is 1. The van der Waals surface area contributed by atoms with Gasteiger partial charge in [-0.25, -0.2) is 0 Å². The van der Waals surface area contributed by atoms with Crippen molar-refractivity contribution in [2.75, 3.05) is 0 Å². The number of carboxylic acid groups (broad SMARTS) is 1. The van der Waals surface area contributed by atoms with Crippen LogP contribution in [0.25, 0.3) is 10.9 Å². The maximum absolute atomic E-state index is 12.8. The second-order valence-corrected chi connectivity index (χ2v) is 4.04. The molecule has 0 unspecified atom stereocenters. The summed E-state index contributed by atoms with van der Waals surface area (Å²) in [6.45, 7) is 1.67. The van der Waals surface area contributed by atoms with Crippen LogP contribution in [-0.2, 0) is 17.4 Å². The van der Waals surface area contributed by atoms with E-state index in [-0.39, 0.29) is 5.56 Å². The minimum Gasteiger partial charge on any atom is -0.481 e. The Bertz CT molecular complexity index is 614. The van der Waals surface area contributed by atoms with Gasteiger partial charge in [0, 0.05) is 16.5 Å². The van der Waals surface area contributed by atoms with E-state index < -0.39 is 24.3 Å². The Morgan fingerprint density at radius 1 is 1.39 bits per heavy atom. The van der Waals surface area contributed by atoms with Gasteiger partial charge in [0.05, 0.1) is 6.42 Å². The highest BCUT2D eigenvalue weighted by molar-refractivity contribution is 5.90. The molecule has 2 aromatic rings. The number of rotatable bonds is 2. The maximum atomic E-state index is 12.8. The Hall–Kier alpha value is -1.98. The zero-order valence-corrected chi connectivity index (χ0v) is 9.43. The highest BCUT2D eigenvalue weighted by Crippen LogP contribution is 2.36. The number of alkyl halides is 3. The molecule has 96 valence electrons. The molecular formula is C12H10F3NO2. The van der Waals surface area contributed by atoms with E-state index in [0.717, 1.165) is 0 Å². The van der Waals surface area contributed by atoms with Gasteiger partial charge in [0.1, 0.15) is 5.69 Å². The van der Waals surface area contributed by atoms with E-state index in [1.165, 1.54) is 6.07 Å². The molecule has 0 spiro atoms. The Morgan fingerprint density at radius 3 is 2.61 bits per heavy atom. The van der Waals surface area contributed by atoms with Crippen LogP contribution >= 0.6 is 0 Å². The van der Waals surface area contributed by atoms with Crippen LogP contribution in [0.1, 0.15) is 16.8 Å². The van der Waals surface area contributed by atoms with Gasteiger partial charge >= 0.3 is 12.1 Å². The molecule has 1 aromatic carbocycles. The van der Waals surface area contributed by atoms with Crippen molar-refractivity contribution in [1.29, 1.82) is 0 Å². The normalized spacial score (nSPS) is 12.0. The summed E-state index contributed by atoms with van der Waals surface area (Å²) in [6.07, 6.45) is -5.24. The molecule has 0 radical (unpaired) electrons. The van der Waals surface area contributed by atoms with Gasteiger partial charge < -0.3 is 10.1 Å². The van der Waals surface area contributed by atoms with Gasteiger partial charge in [-0.15, -0.1) is 0 Å². The molecule has 0 aliphatic heterocycles. The van der Waals surface area contributed by atoms with E-state index in [9.17, 15) is 18.0 Å². The maximum Gasteiger partial charge on any atom is 0.431 e. The molecule has 1 heterocycles. The zero-order valence-electron chi connectivity index (χ0n) is 9.43. The van der Waals surface area contributed by atoms with Crippen molar-refractivity contribution in [3.8, 4) is 0 Å². The van der Waals surface area contributed by atoms with Gasteiger partial charge in [0.2, 0.25) is 0 Å². The summed E-state index contributed by atoms with van der Waals surface area (Å²) >= 11 is 0. The number of carboxylic acids is 1. The number of aryl methyl sites for hydroxylation is 1. The summed E-state index contributed by atoms with van der Waals surface area (Å²) in [4.78, 5) is 13.0. The third kappa shape index (κ3) is 2.05. The quantitative estimate of drug-likeness (QED) is 0.868. The molecule has 2 N–H and O–H groups in total. The predicted octanol–water partition coefficient (Wildman–Crippen LogP) is 3.12. The Labute approximate surface area is 100 Å². The van der Waals surface area contributed by atoms with Crippen molar-refractivity contribution in [1.82, 2.24) is 4.98 Å². The number of halogens is 3. The molecule has 0 saturated carbocycles. The standard InChI is InChI=1S/C12H10F3NO2/c1-6-3-2-4-7-8(5-9(17)18)11(12(13,14)15)16-10(6)7/h2-4,16H,5H2,1H3,(H,17,18). The molecular weight excluding hydrogens is 247 g/mol. The third-order valence-corrected chi connectivity index (χ3v) is 2.76. The Morgan fingerprint density at radius 2 is 2.06 bits per heavy atom. The number of aromatic nitrogens is 1. The van der Waals surface area contributed by atoms with Crippen LogP contribution in [0, 0.1) is 6.92 Å². The van der Waals surface area contributed by atoms with Crippen molar-refractivity contribution in [3.63, 3.8) is 0 Å². The molecule has 2 rings (SSSR count). The largest absolute Gasteiger partial charge is 0.481 e. The van der Waals surface area contributed by atoms with Crippen LogP contribution in [-0.4, -0.2) is 16.1 Å². The van der Waals surface area contributed by atoms with Gasteiger partial charge in [-0.2, -0.15) is 13.2 Å². The fourth-order valence-corrected chi connectivity index (χ4v) is 2.00. The summed E-state index contributed by atoms with van der Waals surface area (Å²) in [5.74, 6) is -1.29. The molecule has 18 heavy (non-hydrogen) atoms. The van der Waals surface area contributed by atoms with E-state index >= 15 is 0 Å². The predicted molar refractivity (Wildman–Crippen MR) is 59.4 cm³/mol. The first-order valence-electron chi connectivity index (χ1n) is 5.20. The van der Waals surface area contributed by atoms with Crippen LogP contribution in [0.5, 0.6) is 0 Å². The summed E-state index contributed by atoms with van der Waals surface area (Å²) in [6, 6.07) is 4.77. The SMILES string of the molecule is Cc1cccc2c(CC(=O)O)c(C(F)(F)F)[nH]c12. The van der Waals surface area contributed by atoms with E-state index in [0.29, 0.717) is 16.5 Å². The second-order valence-electron chi connectivity index (χ2n) is 4.04. The van der Waals surface area contributed by atoms with Crippen LogP contribution in [0.4, 0.5) is 13.2 Å². The van der Waals surface area contributed by atoms with E-state index in [4.69, 9.17) is 5.11 Å². The lowest BCUT2D eigenvalue weighted by Crippen LogP contribution is -2.11. The molecule has 3 nitrogen and oxygen atoms in total. The van der Waals surface area contributed by atoms with Crippen molar-refractivity contribution in [3.05, 3.63) is 35.0 Å². The third-order valence-electron chi connectivity index (χ3n) is 2.76. The van der Waals surface area contributed by atoms with Crippen molar-refractivity contribution < 1.29 is 23.1 Å². The number of aliphatic carboxylic acids is 1. The number of aromatic amines is 1. The minimum atomic E-state index is -4.59. The summed E-state index contributed by atoms with van der Waals surface area (Å²) in [5, 5.41) is 9.03. The number of hydrogen-bond donors (Lipinski definition) is 2. The van der Waals surface area contributed by atoms with Crippen molar-refractivity contribution in [2.24, 2.45) is 0 Å². The van der Waals surface area contributed by atoms with Crippen molar-refractivity contribution >= 4 is 16.9 Å². The monoisotopic (exact) mass is 257 g/mol. The topological polar surface area (TPSA) is 53.1 Å². The van der Waals surface area contributed by atoms with Gasteiger partial charge in [-0.1, -0.05) is 18.2 Å². The molecule has 0 bridgehead atoms. The van der Waals surface area contributed by atoms with Crippen molar-refractivity contribution in [2.45, 2.75) is 19.5 Å². The summed E-state index contributed by atoms with van der Waals surface area (Å²) in [7, 11) is 0. The zero-order chi connectivity index (χ0) is 13.5. The van der Waals surface area contributed by atoms with Crippen LogP contribution in [0.15, 0.2) is 18.2 Å². The van der Waals surface area contributed by atoms with Crippen LogP contribution in [0.2, 0.25) is 0 Å². The number of para-hydroxylation sites is 1. The first kappa shape index (κ1) is 12.5.